The number of benzene rings is 3. The van der Waals surface area contributed by atoms with Gasteiger partial charge in [0.05, 0.1) is 15.7 Å². The topological polar surface area (TPSA) is 50.4 Å². The quantitative estimate of drug-likeness (QED) is 0.509. The molecule has 7 heteroatoms. The van der Waals surface area contributed by atoms with Crippen molar-refractivity contribution in [1.82, 2.24) is 5.32 Å². The van der Waals surface area contributed by atoms with Gasteiger partial charge in [-0.2, -0.15) is 0 Å². The van der Waals surface area contributed by atoms with Crippen LogP contribution in [0, 0.1) is 0 Å². The van der Waals surface area contributed by atoms with Crippen LogP contribution in [-0.4, -0.2) is 11.0 Å². The Morgan fingerprint density at radius 1 is 0.929 bits per heavy atom. The van der Waals surface area contributed by atoms with Crippen LogP contribution in [0.5, 0.6) is 5.75 Å². The van der Waals surface area contributed by atoms with Crippen LogP contribution in [0.1, 0.15) is 15.9 Å². The van der Waals surface area contributed by atoms with Crippen LogP contribution in [-0.2, 0) is 6.61 Å². The van der Waals surface area contributed by atoms with Crippen molar-refractivity contribution in [3.8, 4) is 5.75 Å². The van der Waals surface area contributed by atoms with E-state index in [1.807, 2.05) is 30.3 Å². The molecule has 0 aliphatic carbocycles. The zero-order valence-corrected chi connectivity index (χ0v) is 16.9. The van der Waals surface area contributed by atoms with E-state index >= 15 is 0 Å². The van der Waals surface area contributed by atoms with E-state index in [2.05, 4.69) is 10.6 Å². The van der Waals surface area contributed by atoms with E-state index in [4.69, 9.17) is 40.2 Å². The highest BCUT2D eigenvalue weighted by atomic mass is 35.5. The lowest BCUT2D eigenvalue weighted by Gasteiger charge is -2.12. The van der Waals surface area contributed by atoms with Crippen molar-refractivity contribution >= 4 is 52.1 Å². The zero-order valence-electron chi connectivity index (χ0n) is 14.6. The molecule has 0 heterocycles. The van der Waals surface area contributed by atoms with Gasteiger partial charge in [-0.1, -0.05) is 59.6 Å². The highest BCUT2D eigenvalue weighted by Gasteiger charge is 2.10. The number of halogens is 2. The summed E-state index contributed by atoms with van der Waals surface area (Å²) in [6.07, 6.45) is 0. The zero-order chi connectivity index (χ0) is 19.9. The summed E-state index contributed by atoms with van der Waals surface area (Å²) in [5, 5.41) is 6.32. The van der Waals surface area contributed by atoms with Crippen LogP contribution in [0.4, 0.5) is 5.69 Å². The summed E-state index contributed by atoms with van der Waals surface area (Å²) < 4.78 is 5.71. The fourth-order valence-electron chi connectivity index (χ4n) is 2.37. The van der Waals surface area contributed by atoms with Gasteiger partial charge in [0.25, 0.3) is 5.91 Å². The van der Waals surface area contributed by atoms with E-state index in [0.29, 0.717) is 33.7 Å². The van der Waals surface area contributed by atoms with Crippen molar-refractivity contribution in [2.24, 2.45) is 0 Å². The standard InChI is InChI=1S/C21H16Cl2N2O2S/c22-17-7-4-8-18(19(17)23)24-21(28)25-20(26)15-9-11-16(12-10-15)27-13-14-5-2-1-3-6-14/h1-12H,13H2,(H2,24,25,26,28). The van der Waals surface area contributed by atoms with Crippen LogP contribution in [0.15, 0.2) is 72.8 Å². The van der Waals surface area contributed by atoms with Crippen LogP contribution in [0.25, 0.3) is 0 Å². The minimum atomic E-state index is -0.342. The number of amides is 1. The number of nitrogens with one attached hydrogen (secondary N) is 2. The molecule has 4 nitrogen and oxygen atoms in total. The second-order valence-corrected chi connectivity index (χ2v) is 7.00. The van der Waals surface area contributed by atoms with Gasteiger partial charge in [-0.3, -0.25) is 10.1 Å². The molecular formula is C21H16Cl2N2O2S. The van der Waals surface area contributed by atoms with Crippen molar-refractivity contribution in [2.45, 2.75) is 6.61 Å². The summed E-state index contributed by atoms with van der Waals surface area (Å²) in [5.74, 6) is 0.331. The third-order valence-corrected chi connectivity index (χ3v) is 4.81. The van der Waals surface area contributed by atoms with Gasteiger partial charge < -0.3 is 10.1 Å². The number of hydrogen-bond acceptors (Lipinski definition) is 3. The summed E-state index contributed by atoms with van der Waals surface area (Å²) in [4.78, 5) is 12.3. The van der Waals surface area contributed by atoms with E-state index in [9.17, 15) is 4.79 Å². The summed E-state index contributed by atoms with van der Waals surface area (Å²) >= 11 is 17.2. The van der Waals surface area contributed by atoms with Gasteiger partial charge >= 0.3 is 0 Å². The Morgan fingerprint density at radius 2 is 1.64 bits per heavy atom. The fraction of sp³-hybridized carbons (Fsp3) is 0.0476. The molecule has 0 aromatic heterocycles. The summed E-state index contributed by atoms with van der Waals surface area (Å²) in [5.41, 5.74) is 2.04. The molecule has 28 heavy (non-hydrogen) atoms. The van der Waals surface area contributed by atoms with E-state index < -0.39 is 0 Å². The van der Waals surface area contributed by atoms with Crippen molar-refractivity contribution in [1.29, 1.82) is 0 Å². The molecule has 0 aliphatic heterocycles. The van der Waals surface area contributed by atoms with Crippen molar-refractivity contribution < 1.29 is 9.53 Å². The molecule has 0 spiro atoms. The minimum absolute atomic E-state index is 0.124. The Bertz CT molecular complexity index is 979. The van der Waals surface area contributed by atoms with Gasteiger partial charge in [-0.05, 0) is 54.2 Å². The number of anilines is 1. The molecule has 0 aliphatic rings. The molecule has 0 saturated heterocycles. The van der Waals surface area contributed by atoms with Crippen molar-refractivity contribution in [3.05, 3.63) is 94.0 Å². The second kappa shape index (κ2) is 9.55. The maximum atomic E-state index is 12.3. The summed E-state index contributed by atoms with van der Waals surface area (Å²) in [7, 11) is 0. The molecule has 1 amide bonds. The Hall–Kier alpha value is -2.60. The van der Waals surface area contributed by atoms with Gasteiger partial charge in [0.1, 0.15) is 12.4 Å². The van der Waals surface area contributed by atoms with Crippen LogP contribution in [0.2, 0.25) is 10.0 Å². The highest BCUT2D eigenvalue weighted by molar-refractivity contribution is 7.80. The van der Waals surface area contributed by atoms with Crippen molar-refractivity contribution in [2.75, 3.05) is 5.32 Å². The van der Waals surface area contributed by atoms with E-state index in [1.54, 1.807) is 42.5 Å². The molecule has 0 radical (unpaired) electrons. The van der Waals surface area contributed by atoms with Crippen LogP contribution in [0.3, 0.4) is 0 Å². The average Bonchev–Trinajstić information content (AvgIpc) is 2.71. The first-order valence-corrected chi connectivity index (χ1v) is 9.52. The molecule has 142 valence electrons. The first kappa shape index (κ1) is 20.1. The normalized spacial score (nSPS) is 10.2. The SMILES string of the molecule is O=C(NC(=S)Nc1cccc(Cl)c1Cl)c1ccc(OCc2ccccc2)cc1. The molecule has 0 unspecified atom stereocenters. The number of carbonyl (C=O) groups is 1. The molecular weight excluding hydrogens is 415 g/mol. The number of hydrogen-bond donors (Lipinski definition) is 2. The van der Waals surface area contributed by atoms with Crippen LogP contribution < -0.4 is 15.4 Å². The largest absolute Gasteiger partial charge is 0.489 e. The van der Waals surface area contributed by atoms with Gasteiger partial charge in [0.2, 0.25) is 0 Å². The Kier molecular flexibility index (Phi) is 6.87. The number of rotatable bonds is 5. The number of thiocarbonyl (C=S) groups is 1. The summed E-state index contributed by atoms with van der Waals surface area (Å²) in [6.45, 7) is 0.459. The lowest BCUT2D eigenvalue weighted by Crippen LogP contribution is -2.34. The second-order valence-electron chi connectivity index (χ2n) is 5.81. The highest BCUT2D eigenvalue weighted by Crippen LogP contribution is 2.29. The van der Waals surface area contributed by atoms with E-state index in [-0.39, 0.29) is 11.0 Å². The van der Waals surface area contributed by atoms with Crippen molar-refractivity contribution in [3.63, 3.8) is 0 Å². The molecule has 3 aromatic rings. The maximum Gasteiger partial charge on any atom is 0.257 e. The molecule has 2 N–H and O–H groups in total. The number of ether oxygens (including phenoxy) is 1. The molecule has 3 rings (SSSR count). The minimum Gasteiger partial charge on any atom is -0.489 e. The van der Waals surface area contributed by atoms with E-state index in [0.717, 1.165) is 5.56 Å². The Labute approximate surface area is 178 Å². The molecule has 3 aromatic carbocycles. The van der Waals surface area contributed by atoms with Gasteiger partial charge in [-0.15, -0.1) is 0 Å². The fourth-order valence-corrected chi connectivity index (χ4v) is 2.92. The number of carbonyl (C=O) groups excluding carboxylic acids is 1. The Morgan fingerprint density at radius 3 is 2.36 bits per heavy atom. The predicted octanol–water partition coefficient (Wildman–Crippen LogP) is 5.70. The third-order valence-electron chi connectivity index (χ3n) is 3.79. The summed E-state index contributed by atoms with van der Waals surface area (Å²) in [6, 6.07) is 21.8. The first-order valence-electron chi connectivity index (χ1n) is 8.36. The van der Waals surface area contributed by atoms with Gasteiger partial charge in [0.15, 0.2) is 5.11 Å². The average molecular weight is 431 g/mol. The van der Waals surface area contributed by atoms with E-state index in [1.165, 1.54) is 0 Å². The Balaban J connectivity index is 1.55. The predicted molar refractivity (Wildman–Crippen MR) is 117 cm³/mol. The lowest BCUT2D eigenvalue weighted by atomic mass is 10.2. The smallest absolute Gasteiger partial charge is 0.257 e. The molecule has 0 atom stereocenters. The van der Waals surface area contributed by atoms with Crippen LogP contribution >= 0.6 is 35.4 Å². The lowest BCUT2D eigenvalue weighted by molar-refractivity contribution is 0.0977. The first-order chi connectivity index (χ1) is 13.5. The monoisotopic (exact) mass is 430 g/mol. The van der Waals surface area contributed by atoms with Gasteiger partial charge in [-0.25, -0.2) is 0 Å². The van der Waals surface area contributed by atoms with Gasteiger partial charge in [0, 0.05) is 5.56 Å². The molecule has 0 bridgehead atoms. The third kappa shape index (κ3) is 5.45. The maximum absolute atomic E-state index is 12.3. The molecule has 0 saturated carbocycles. The molecule has 0 fully saturated rings.